The summed E-state index contributed by atoms with van der Waals surface area (Å²) in [6.07, 6.45) is 5.81. The molecule has 0 radical (unpaired) electrons. The van der Waals surface area contributed by atoms with Crippen molar-refractivity contribution in [2.24, 2.45) is 0 Å². The number of benzene rings is 1. The topological polar surface area (TPSA) is 42.1 Å². The minimum absolute atomic E-state index is 0.0359. The smallest absolute Gasteiger partial charge is 0.248 e. The minimum Gasteiger partial charge on any atom is -0.497 e. The van der Waals surface area contributed by atoms with Crippen LogP contribution in [-0.2, 0) is 6.42 Å². The highest BCUT2D eigenvalue weighted by molar-refractivity contribution is 5.83. The molecule has 0 saturated carbocycles. The lowest BCUT2D eigenvalue weighted by Crippen LogP contribution is -2.06. The Morgan fingerprint density at radius 2 is 2.00 bits per heavy atom. The molecule has 3 nitrogen and oxygen atoms in total. The van der Waals surface area contributed by atoms with Gasteiger partial charge in [0.05, 0.1) is 12.6 Å². The Kier molecular flexibility index (Phi) is 4.61. The zero-order chi connectivity index (χ0) is 13.7. The van der Waals surface area contributed by atoms with Crippen LogP contribution in [0, 0.1) is 0 Å². The number of aromatic amines is 1. The van der Waals surface area contributed by atoms with Crippen molar-refractivity contribution in [1.29, 1.82) is 0 Å². The quantitative estimate of drug-likeness (QED) is 0.804. The van der Waals surface area contributed by atoms with Crippen molar-refractivity contribution in [3.8, 4) is 5.75 Å². The van der Waals surface area contributed by atoms with Crippen LogP contribution in [-0.4, -0.2) is 12.1 Å². The molecule has 0 saturated heterocycles. The minimum atomic E-state index is -0.0359. The third kappa shape index (κ3) is 3.37. The second-order valence-corrected chi connectivity index (χ2v) is 4.88. The number of fused-ring (bicyclic) bond motifs is 1. The van der Waals surface area contributed by atoms with Gasteiger partial charge < -0.3 is 9.72 Å². The van der Waals surface area contributed by atoms with E-state index in [0.29, 0.717) is 0 Å². The molecule has 1 N–H and O–H groups in total. The summed E-state index contributed by atoms with van der Waals surface area (Å²) in [5.41, 5.74) is 1.96. The van der Waals surface area contributed by atoms with Crippen LogP contribution in [0.3, 0.4) is 0 Å². The fourth-order valence-corrected chi connectivity index (χ4v) is 2.39. The molecule has 0 amide bonds. The van der Waals surface area contributed by atoms with E-state index in [1.807, 2.05) is 18.2 Å². The largest absolute Gasteiger partial charge is 0.497 e. The second kappa shape index (κ2) is 6.41. The van der Waals surface area contributed by atoms with Crippen molar-refractivity contribution in [2.75, 3.05) is 7.11 Å². The molecule has 0 aliphatic carbocycles. The number of rotatable bonds is 6. The van der Waals surface area contributed by atoms with Gasteiger partial charge in [0, 0.05) is 17.5 Å². The first-order valence-electron chi connectivity index (χ1n) is 6.94. The van der Waals surface area contributed by atoms with Gasteiger partial charge in [-0.3, -0.25) is 4.79 Å². The summed E-state index contributed by atoms with van der Waals surface area (Å²) in [6.45, 7) is 2.20. The van der Waals surface area contributed by atoms with Gasteiger partial charge in [-0.05, 0) is 30.5 Å². The van der Waals surface area contributed by atoms with E-state index in [4.69, 9.17) is 4.74 Å². The molecular weight excluding hydrogens is 238 g/mol. The van der Waals surface area contributed by atoms with Gasteiger partial charge in [0.25, 0.3) is 0 Å². The van der Waals surface area contributed by atoms with Crippen LogP contribution in [0.1, 0.15) is 38.2 Å². The maximum absolute atomic E-state index is 11.7. The van der Waals surface area contributed by atoms with Crippen molar-refractivity contribution in [3.05, 3.63) is 40.2 Å². The van der Waals surface area contributed by atoms with Gasteiger partial charge in [0.2, 0.25) is 5.56 Å². The van der Waals surface area contributed by atoms with Crippen LogP contribution in [0.15, 0.2) is 29.1 Å². The normalized spacial score (nSPS) is 10.8. The summed E-state index contributed by atoms with van der Waals surface area (Å²) < 4.78 is 5.19. The highest BCUT2D eigenvalue weighted by Gasteiger charge is 2.04. The van der Waals surface area contributed by atoms with Gasteiger partial charge in [-0.15, -0.1) is 0 Å². The van der Waals surface area contributed by atoms with Crippen molar-refractivity contribution < 1.29 is 4.74 Å². The monoisotopic (exact) mass is 259 g/mol. The Labute approximate surface area is 113 Å². The molecule has 1 heterocycles. The van der Waals surface area contributed by atoms with E-state index in [-0.39, 0.29) is 5.56 Å². The van der Waals surface area contributed by atoms with Gasteiger partial charge in [-0.2, -0.15) is 0 Å². The van der Waals surface area contributed by atoms with E-state index in [1.165, 1.54) is 19.3 Å². The standard InChI is InChI=1S/C16H21NO2/c1-3-4-5-6-7-12-10-16(18)17-15-11-13(19-2)8-9-14(12)15/h8-11H,3-7H2,1-2H3,(H,17,18). The number of unbranched alkanes of at least 4 members (excludes halogenated alkanes) is 3. The number of ether oxygens (including phenoxy) is 1. The average molecular weight is 259 g/mol. The summed E-state index contributed by atoms with van der Waals surface area (Å²) in [7, 11) is 1.63. The first-order valence-corrected chi connectivity index (χ1v) is 6.94. The van der Waals surface area contributed by atoms with E-state index in [9.17, 15) is 4.79 Å². The van der Waals surface area contributed by atoms with Gasteiger partial charge >= 0.3 is 0 Å². The van der Waals surface area contributed by atoms with Crippen molar-refractivity contribution >= 4 is 10.9 Å². The highest BCUT2D eigenvalue weighted by atomic mass is 16.5. The molecule has 0 aliphatic rings. The summed E-state index contributed by atoms with van der Waals surface area (Å²) in [5, 5.41) is 1.12. The Morgan fingerprint density at radius 3 is 2.74 bits per heavy atom. The molecule has 19 heavy (non-hydrogen) atoms. The number of pyridine rings is 1. The summed E-state index contributed by atoms with van der Waals surface area (Å²) in [4.78, 5) is 14.6. The molecule has 102 valence electrons. The lowest BCUT2D eigenvalue weighted by Gasteiger charge is -2.07. The van der Waals surface area contributed by atoms with Crippen molar-refractivity contribution in [1.82, 2.24) is 4.98 Å². The SMILES string of the molecule is CCCCCCc1cc(=O)[nH]c2cc(OC)ccc12. The van der Waals surface area contributed by atoms with Crippen LogP contribution < -0.4 is 10.3 Å². The van der Waals surface area contributed by atoms with E-state index < -0.39 is 0 Å². The number of methoxy groups -OCH3 is 1. The lowest BCUT2D eigenvalue weighted by atomic mass is 10.0. The number of nitrogens with one attached hydrogen (secondary N) is 1. The van der Waals surface area contributed by atoms with Crippen molar-refractivity contribution in [2.45, 2.75) is 39.0 Å². The molecule has 2 rings (SSSR count). The second-order valence-electron chi connectivity index (χ2n) is 4.88. The number of hydrogen-bond acceptors (Lipinski definition) is 2. The van der Waals surface area contributed by atoms with Gasteiger partial charge in [-0.1, -0.05) is 26.2 Å². The molecular formula is C16H21NO2. The Bertz CT molecular complexity index is 601. The molecule has 0 spiro atoms. The highest BCUT2D eigenvalue weighted by Crippen LogP contribution is 2.22. The zero-order valence-electron chi connectivity index (χ0n) is 11.7. The molecule has 0 fully saturated rings. The van der Waals surface area contributed by atoms with Crippen molar-refractivity contribution in [3.63, 3.8) is 0 Å². The van der Waals surface area contributed by atoms with Gasteiger partial charge in [0.15, 0.2) is 0 Å². The van der Waals surface area contributed by atoms with Crippen LogP contribution in [0.4, 0.5) is 0 Å². The number of hydrogen-bond donors (Lipinski definition) is 1. The summed E-state index contributed by atoms with van der Waals surface area (Å²) in [6, 6.07) is 7.57. The van der Waals surface area contributed by atoms with E-state index >= 15 is 0 Å². The number of aromatic nitrogens is 1. The van der Waals surface area contributed by atoms with Crippen LogP contribution >= 0.6 is 0 Å². The maximum atomic E-state index is 11.7. The predicted molar refractivity (Wildman–Crippen MR) is 79.0 cm³/mol. The fraction of sp³-hybridized carbons (Fsp3) is 0.438. The van der Waals surface area contributed by atoms with Gasteiger partial charge in [0.1, 0.15) is 5.75 Å². The van der Waals surface area contributed by atoms with E-state index in [1.54, 1.807) is 13.2 Å². The Hall–Kier alpha value is -1.77. The van der Waals surface area contributed by atoms with E-state index in [2.05, 4.69) is 11.9 Å². The third-order valence-corrected chi connectivity index (χ3v) is 3.44. The molecule has 0 bridgehead atoms. The summed E-state index contributed by atoms with van der Waals surface area (Å²) >= 11 is 0. The Balaban J connectivity index is 2.29. The van der Waals surface area contributed by atoms with Crippen LogP contribution in [0.5, 0.6) is 5.75 Å². The van der Waals surface area contributed by atoms with Crippen LogP contribution in [0.25, 0.3) is 10.9 Å². The molecule has 2 aromatic rings. The van der Waals surface area contributed by atoms with Crippen LogP contribution in [0.2, 0.25) is 0 Å². The van der Waals surface area contributed by atoms with E-state index in [0.717, 1.165) is 35.1 Å². The van der Waals surface area contributed by atoms with Gasteiger partial charge in [-0.25, -0.2) is 0 Å². The molecule has 3 heteroatoms. The number of aryl methyl sites for hydroxylation is 1. The molecule has 1 aromatic heterocycles. The summed E-state index contributed by atoms with van der Waals surface area (Å²) in [5.74, 6) is 0.770. The Morgan fingerprint density at radius 1 is 1.16 bits per heavy atom. The zero-order valence-corrected chi connectivity index (χ0v) is 11.7. The first-order chi connectivity index (χ1) is 9.24. The first kappa shape index (κ1) is 13.7. The number of H-pyrrole nitrogens is 1. The molecule has 0 aliphatic heterocycles. The molecule has 0 unspecified atom stereocenters. The third-order valence-electron chi connectivity index (χ3n) is 3.44. The maximum Gasteiger partial charge on any atom is 0.248 e. The lowest BCUT2D eigenvalue weighted by molar-refractivity contribution is 0.415. The predicted octanol–water partition coefficient (Wildman–Crippen LogP) is 3.66. The average Bonchev–Trinajstić information content (AvgIpc) is 2.42. The fourth-order valence-electron chi connectivity index (χ4n) is 2.39. The molecule has 1 aromatic carbocycles. The molecule has 0 atom stereocenters.